The molecule has 0 spiro atoms. The Morgan fingerprint density at radius 3 is 2.04 bits per heavy atom. The molecule has 0 radical (unpaired) electrons. The number of hydrogen-bond donors (Lipinski definition) is 0. The predicted octanol–water partition coefficient (Wildman–Crippen LogP) is 4.13. The molecule has 3 fully saturated rings. The molecule has 0 aromatic heterocycles. The van der Waals surface area contributed by atoms with Crippen LogP contribution >= 0.6 is 0 Å². The summed E-state index contributed by atoms with van der Waals surface area (Å²) < 4.78 is 13.0. The van der Waals surface area contributed by atoms with Crippen molar-refractivity contribution >= 4 is 11.9 Å². The lowest BCUT2D eigenvalue weighted by Gasteiger charge is -2.41. The summed E-state index contributed by atoms with van der Waals surface area (Å²) in [6.45, 7) is 1.99. The summed E-state index contributed by atoms with van der Waals surface area (Å²) in [7, 11) is 0. The van der Waals surface area contributed by atoms with Crippen LogP contribution < -0.4 is 0 Å². The summed E-state index contributed by atoms with van der Waals surface area (Å²) in [5.41, 5.74) is 3.93. The molecule has 0 atom stereocenters. The van der Waals surface area contributed by atoms with Gasteiger partial charge in [0.05, 0.1) is 5.70 Å². The molecule has 3 aliphatic heterocycles. The Labute approximate surface area is 135 Å². The molecule has 2 aromatic rings. The number of carbonyl (C=O) groups excluding carboxylic acids is 1. The Morgan fingerprint density at radius 1 is 0.913 bits per heavy atom. The van der Waals surface area contributed by atoms with Crippen molar-refractivity contribution in [3.05, 3.63) is 65.6 Å². The number of Topliss-reactive ketones (excluding diaryl/α,β-unsaturated/α-hetero) is 1. The predicted molar refractivity (Wildman–Crippen MR) is 89.1 cm³/mol. The Morgan fingerprint density at radius 2 is 1.48 bits per heavy atom. The number of ketones is 1. The maximum Gasteiger partial charge on any atom is 0.182 e. The van der Waals surface area contributed by atoms with E-state index in [-0.39, 0.29) is 11.7 Å². The van der Waals surface area contributed by atoms with Crippen LogP contribution in [-0.2, 0) is 4.79 Å². The lowest BCUT2D eigenvalue weighted by molar-refractivity contribution is -0.125. The number of halogens is 1. The summed E-state index contributed by atoms with van der Waals surface area (Å²) in [6, 6.07) is 14.5. The highest BCUT2D eigenvalue weighted by Gasteiger charge is 2.36. The smallest absolute Gasteiger partial charge is 0.182 e. The van der Waals surface area contributed by atoms with Gasteiger partial charge in [0, 0.05) is 19.0 Å². The van der Waals surface area contributed by atoms with Gasteiger partial charge < -0.3 is 4.90 Å². The Balaban J connectivity index is 1.60. The molecule has 116 valence electrons. The van der Waals surface area contributed by atoms with E-state index in [1.54, 1.807) is 12.1 Å². The second-order valence-electron chi connectivity index (χ2n) is 6.28. The first-order valence-electron chi connectivity index (χ1n) is 8.07. The van der Waals surface area contributed by atoms with E-state index in [2.05, 4.69) is 4.90 Å². The zero-order valence-corrected chi connectivity index (χ0v) is 12.8. The fraction of sp³-hybridized carbons (Fsp3) is 0.250. The van der Waals surface area contributed by atoms with Crippen LogP contribution in [0.25, 0.3) is 17.2 Å². The van der Waals surface area contributed by atoms with Crippen LogP contribution in [0.3, 0.4) is 0 Å². The number of nitrogens with zero attached hydrogens (tertiary/aromatic N) is 1. The topological polar surface area (TPSA) is 20.3 Å². The average molecular weight is 307 g/mol. The minimum atomic E-state index is -0.227. The Bertz CT molecular complexity index is 753. The highest BCUT2D eigenvalue weighted by atomic mass is 19.1. The van der Waals surface area contributed by atoms with Crippen molar-refractivity contribution in [2.24, 2.45) is 5.92 Å². The van der Waals surface area contributed by atoms with Crippen molar-refractivity contribution in [1.82, 2.24) is 4.90 Å². The molecule has 0 unspecified atom stereocenters. The molecular formula is C20H18FNO. The lowest BCUT2D eigenvalue weighted by Crippen LogP contribution is -2.45. The fourth-order valence-electron chi connectivity index (χ4n) is 3.48. The fourth-order valence-corrected chi connectivity index (χ4v) is 3.48. The van der Waals surface area contributed by atoms with Gasteiger partial charge in [0.25, 0.3) is 0 Å². The summed E-state index contributed by atoms with van der Waals surface area (Å²) in [5, 5.41) is 0. The molecule has 2 bridgehead atoms. The van der Waals surface area contributed by atoms with Crippen molar-refractivity contribution in [3.63, 3.8) is 0 Å². The van der Waals surface area contributed by atoms with E-state index in [0.717, 1.165) is 48.3 Å². The number of benzene rings is 2. The first-order valence-corrected chi connectivity index (χ1v) is 8.07. The van der Waals surface area contributed by atoms with Crippen molar-refractivity contribution in [2.75, 3.05) is 13.1 Å². The maximum atomic E-state index is 13.0. The van der Waals surface area contributed by atoms with Crippen LogP contribution in [0.15, 0.2) is 54.2 Å². The van der Waals surface area contributed by atoms with E-state index in [0.29, 0.717) is 5.78 Å². The second kappa shape index (κ2) is 5.65. The van der Waals surface area contributed by atoms with Gasteiger partial charge in [0.2, 0.25) is 0 Å². The number of hydrogen-bond acceptors (Lipinski definition) is 2. The third-order valence-electron chi connectivity index (χ3n) is 4.85. The first-order chi connectivity index (χ1) is 11.2. The van der Waals surface area contributed by atoms with Gasteiger partial charge in [0.1, 0.15) is 5.82 Å². The molecule has 3 saturated heterocycles. The van der Waals surface area contributed by atoms with Gasteiger partial charge in [-0.1, -0.05) is 36.4 Å². The van der Waals surface area contributed by atoms with E-state index in [4.69, 9.17) is 0 Å². The van der Waals surface area contributed by atoms with Crippen LogP contribution in [0.2, 0.25) is 0 Å². The monoisotopic (exact) mass is 307 g/mol. The number of fused-ring (bicyclic) bond motifs is 3. The van der Waals surface area contributed by atoms with E-state index >= 15 is 0 Å². The van der Waals surface area contributed by atoms with Crippen LogP contribution in [0.5, 0.6) is 0 Å². The molecule has 3 heterocycles. The zero-order valence-electron chi connectivity index (χ0n) is 12.8. The molecule has 3 heteroatoms. The number of allylic oxidation sites excluding steroid dienone is 1. The van der Waals surface area contributed by atoms with Gasteiger partial charge in [0.15, 0.2) is 5.78 Å². The third-order valence-corrected chi connectivity index (χ3v) is 4.85. The van der Waals surface area contributed by atoms with E-state index in [9.17, 15) is 9.18 Å². The highest BCUT2D eigenvalue weighted by Crippen LogP contribution is 2.32. The van der Waals surface area contributed by atoms with Crippen molar-refractivity contribution in [3.8, 4) is 11.1 Å². The van der Waals surface area contributed by atoms with E-state index < -0.39 is 0 Å². The molecule has 23 heavy (non-hydrogen) atoms. The van der Waals surface area contributed by atoms with E-state index in [1.165, 1.54) is 12.1 Å². The van der Waals surface area contributed by atoms with Crippen molar-refractivity contribution in [1.29, 1.82) is 0 Å². The maximum absolute atomic E-state index is 13.0. The summed E-state index contributed by atoms with van der Waals surface area (Å²) in [5.74, 6) is 0.296. The number of rotatable bonds is 2. The number of carbonyl (C=O) groups is 1. The first kappa shape index (κ1) is 14.2. The largest absolute Gasteiger partial charge is 0.369 e. The molecule has 0 N–H and O–H groups in total. The molecule has 2 aromatic carbocycles. The highest BCUT2D eigenvalue weighted by molar-refractivity contribution is 6.01. The molecule has 3 aliphatic rings. The van der Waals surface area contributed by atoms with Crippen LogP contribution in [0.1, 0.15) is 18.4 Å². The van der Waals surface area contributed by atoms with Gasteiger partial charge in [-0.05, 0) is 47.7 Å². The summed E-state index contributed by atoms with van der Waals surface area (Å²) in [6.07, 6.45) is 4.00. The van der Waals surface area contributed by atoms with Crippen LogP contribution in [0, 0.1) is 11.7 Å². The molecule has 5 rings (SSSR count). The van der Waals surface area contributed by atoms with Gasteiger partial charge in [-0.25, -0.2) is 4.39 Å². The van der Waals surface area contributed by atoms with Crippen LogP contribution in [0.4, 0.5) is 4.39 Å². The second-order valence-corrected chi connectivity index (χ2v) is 6.28. The van der Waals surface area contributed by atoms with Gasteiger partial charge in [-0.3, -0.25) is 4.79 Å². The van der Waals surface area contributed by atoms with Gasteiger partial charge >= 0.3 is 0 Å². The van der Waals surface area contributed by atoms with Crippen molar-refractivity contribution in [2.45, 2.75) is 12.8 Å². The zero-order chi connectivity index (χ0) is 15.8. The Kier molecular flexibility index (Phi) is 3.49. The molecule has 0 amide bonds. The quantitative estimate of drug-likeness (QED) is 0.778. The molecule has 2 nitrogen and oxygen atoms in total. The molecule has 0 aliphatic carbocycles. The summed E-state index contributed by atoms with van der Waals surface area (Å²) >= 11 is 0. The Hall–Kier alpha value is -2.42. The summed E-state index contributed by atoms with van der Waals surface area (Å²) in [4.78, 5) is 14.6. The normalized spacial score (nSPS) is 19.6. The minimum Gasteiger partial charge on any atom is -0.369 e. The van der Waals surface area contributed by atoms with E-state index in [1.807, 2.05) is 30.3 Å². The third kappa shape index (κ3) is 2.67. The average Bonchev–Trinajstić information content (AvgIpc) is 2.60. The standard InChI is InChI=1S/C20H18FNO/c21-18-7-5-16(6-8-18)15-3-1-14(2-4-15)13-19-20(23)17-9-11-22(19)12-10-17/h1-8,13,17H,9-12H2/b19-13+. The number of piperidine rings is 3. The molecule has 0 saturated carbocycles. The molecular weight excluding hydrogens is 289 g/mol. The van der Waals surface area contributed by atoms with Crippen LogP contribution in [-0.4, -0.2) is 23.8 Å². The SMILES string of the molecule is O=C1/C(=C\c2ccc(-c3ccc(F)cc3)cc2)N2CCC1CC2. The van der Waals surface area contributed by atoms with Gasteiger partial charge in [-0.2, -0.15) is 0 Å². The minimum absolute atomic E-state index is 0.227. The van der Waals surface area contributed by atoms with Gasteiger partial charge in [-0.15, -0.1) is 0 Å². The lowest BCUT2D eigenvalue weighted by atomic mass is 9.84. The van der Waals surface area contributed by atoms with Crippen molar-refractivity contribution < 1.29 is 9.18 Å².